The van der Waals surface area contributed by atoms with Crippen molar-refractivity contribution in [3.63, 3.8) is 0 Å². The molecule has 0 fully saturated rings. The molecule has 0 radical (unpaired) electrons. The van der Waals surface area contributed by atoms with E-state index in [1.54, 1.807) is 0 Å². The van der Waals surface area contributed by atoms with Crippen molar-refractivity contribution < 1.29 is 9.53 Å². The second-order valence-electron chi connectivity index (χ2n) is 5.34. The molecule has 0 aliphatic carbocycles. The molecule has 0 rings (SSSR count). The van der Waals surface area contributed by atoms with Gasteiger partial charge in [-0.3, -0.25) is 4.79 Å². The molecule has 0 saturated carbocycles. The van der Waals surface area contributed by atoms with Gasteiger partial charge in [-0.15, -0.1) is 0 Å². The van der Waals surface area contributed by atoms with E-state index in [1.807, 2.05) is 0 Å². The van der Waals surface area contributed by atoms with Crippen LogP contribution in [0.4, 0.5) is 0 Å². The summed E-state index contributed by atoms with van der Waals surface area (Å²) in [5.74, 6) is 0.784. The second kappa shape index (κ2) is 11.9. The molecule has 0 saturated heterocycles. The van der Waals surface area contributed by atoms with Crippen LogP contribution >= 0.6 is 0 Å². The van der Waals surface area contributed by atoms with Crippen LogP contribution in [0.2, 0.25) is 0 Å². The average molecular weight is 242 g/mol. The molecule has 0 unspecified atom stereocenters. The molecule has 17 heavy (non-hydrogen) atoms. The first-order valence-corrected chi connectivity index (χ1v) is 7.23. The van der Waals surface area contributed by atoms with Gasteiger partial charge in [0.05, 0.1) is 7.11 Å². The highest BCUT2D eigenvalue weighted by Crippen LogP contribution is 2.13. The SMILES string of the molecule is COC(=O)CCCCCCCCCCC(C)C. The standard InChI is InChI=1S/C15H30O2/c1-14(2)12-10-8-6-4-5-7-9-11-13-15(16)17-3/h14H,4-13H2,1-3H3. The number of carbonyl (C=O) groups is 1. The Kier molecular flexibility index (Phi) is 11.6. The fourth-order valence-corrected chi connectivity index (χ4v) is 1.98. The van der Waals surface area contributed by atoms with Crippen molar-refractivity contribution in [3.8, 4) is 0 Å². The Balaban J connectivity index is 3.01. The zero-order valence-corrected chi connectivity index (χ0v) is 12.0. The predicted octanol–water partition coefficient (Wildman–Crippen LogP) is 4.72. The first-order valence-electron chi connectivity index (χ1n) is 7.23. The van der Waals surface area contributed by atoms with Crippen molar-refractivity contribution in [1.82, 2.24) is 0 Å². The van der Waals surface area contributed by atoms with Crippen LogP contribution in [-0.4, -0.2) is 13.1 Å². The van der Waals surface area contributed by atoms with Crippen LogP contribution in [0.1, 0.15) is 78.1 Å². The molecule has 0 bridgehead atoms. The largest absolute Gasteiger partial charge is 0.469 e. The van der Waals surface area contributed by atoms with Gasteiger partial charge in [0.15, 0.2) is 0 Å². The van der Waals surface area contributed by atoms with Crippen LogP contribution in [0, 0.1) is 5.92 Å². The van der Waals surface area contributed by atoms with Crippen LogP contribution in [0.5, 0.6) is 0 Å². The van der Waals surface area contributed by atoms with E-state index in [9.17, 15) is 4.79 Å². The lowest BCUT2D eigenvalue weighted by Crippen LogP contribution is -1.99. The van der Waals surface area contributed by atoms with Gasteiger partial charge in [-0.1, -0.05) is 65.2 Å². The van der Waals surface area contributed by atoms with Crippen molar-refractivity contribution in [2.24, 2.45) is 5.92 Å². The van der Waals surface area contributed by atoms with E-state index in [-0.39, 0.29) is 5.97 Å². The molecule has 0 atom stereocenters. The number of ether oxygens (including phenoxy) is 1. The minimum absolute atomic E-state index is 0.0707. The van der Waals surface area contributed by atoms with E-state index in [4.69, 9.17) is 0 Å². The average Bonchev–Trinajstić information content (AvgIpc) is 2.30. The second-order valence-corrected chi connectivity index (χ2v) is 5.34. The highest BCUT2D eigenvalue weighted by atomic mass is 16.5. The van der Waals surface area contributed by atoms with Gasteiger partial charge in [0.1, 0.15) is 0 Å². The van der Waals surface area contributed by atoms with Gasteiger partial charge >= 0.3 is 5.97 Å². The van der Waals surface area contributed by atoms with Gasteiger partial charge in [-0.2, -0.15) is 0 Å². The molecule has 0 spiro atoms. The Morgan fingerprint density at radius 2 is 1.35 bits per heavy atom. The molecule has 0 aromatic carbocycles. The summed E-state index contributed by atoms with van der Waals surface area (Å²) < 4.78 is 4.60. The van der Waals surface area contributed by atoms with Crippen molar-refractivity contribution in [3.05, 3.63) is 0 Å². The van der Waals surface area contributed by atoms with Gasteiger partial charge < -0.3 is 4.74 Å². The summed E-state index contributed by atoms with van der Waals surface area (Å²) in [4.78, 5) is 10.9. The lowest BCUT2D eigenvalue weighted by Gasteiger charge is -2.04. The molecule has 2 nitrogen and oxygen atoms in total. The van der Waals surface area contributed by atoms with Gasteiger partial charge in [0.2, 0.25) is 0 Å². The predicted molar refractivity (Wildman–Crippen MR) is 73.0 cm³/mol. The van der Waals surface area contributed by atoms with Crippen molar-refractivity contribution in [1.29, 1.82) is 0 Å². The smallest absolute Gasteiger partial charge is 0.305 e. The summed E-state index contributed by atoms with van der Waals surface area (Å²) >= 11 is 0. The maximum atomic E-state index is 10.9. The monoisotopic (exact) mass is 242 g/mol. The van der Waals surface area contributed by atoms with Crippen LogP contribution in [0.25, 0.3) is 0 Å². The van der Waals surface area contributed by atoms with Gasteiger partial charge in [-0.25, -0.2) is 0 Å². The van der Waals surface area contributed by atoms with E-state index in [0.29, 0.717) is 6.42 Å². The summed E-state index contributed by atoms with van der Waals surface area (Å²) in [6, 6.07) is 0. The molecule has 102 valence electrons. The number of methoxy groups -OCH3 is 1. The number of hydrogen-bond donors (Lipinski definition) is 0. The van der Waals surface area contributed by atoms with Crippen molar-refractivity contribution in [2.75, 3.05) is 7.11 Å². The Labute approximate surface area is 107 Å². The summed E-state index contributed by atoms with van der Waals surface area (Å²) in [6.07, 6.45) is 12.2. The maximum absolute atomic E-state index is 10.9. The lowest BCUT2D eigenvalue weighted by atomic mass is 10.0. The molecule has 0 aliphatic rings. The first kappa shape index (κ1) is 16.5. The molecule has 0 aliphatic heterocycles. The normalized spacial score (nSPS) is 10.8. The number of esters is 1. The van der Waals surface area contributed by atoms with E-state index in [2.05, 4.69) is 18.6 Å². The number of rotatable bonds is 11. The summed E-state index contributed by atoms with van der Waals surface area (Å²) in [7, 11) is 1.46. The van der Waals surface area contributed by atoms with Crippen molar-refractivity contribution >= 4 is 5.97 Å². The topological polar surface area (TPSA) is 26.3 Å². The van der Waals surface area contributed by atoms with Crippen LogP contribution in [0.15, 0.2) is 0 Å². The third-order valence-electron chi connectivity index (χ3n) is 3.14. The van der Waals surface area contributed by atoms with Crippen LogP contribution < -0.4 is 0 Å². The van der Waals surface area contributed by atoms with E-state index >= 15 is 0 Å². The molecule has 0 aromatic heterocycles. The minimum atomic E-state index is -0.0707. The molecule has 0 N–H and O–H groups in total. The van der Waals surface area contributed by atoms with E-state index in [0.717, 1.165) is 12.3 Å². The number of unbranched alkanes of at least 4 members (excludes halogenated alkanes) is 7. The fourth-order valence-electron chi connectivity index (χ4n) is 1.98. The molecule has 0 amide bonds. The van der Waals surface area contributed by atoms with Crippen LogP contribution in [0.3, 0.4) is 0 Å². The number of carbonyl (C=O) groups excluding carboxylic acids is 1. The third kappa shape index (κ3) is 13.4. The Bertz CT molecular complexity index is 176. The van der Waals surface area contributed by atoms with E-state index < -0.39 is 0 Å². The minimum Gasteiger partial charge on any atom is -0.469 e. The molecule has 0 aromatic rings. The zero-order valence-electron chi connectivity index (χ0n) is 12.0. The highest BCUT2D eigenvalue weighted by molar-refractivity contribution is 5.68. The lowest BCUT2D eigenvalue weighted by molar-refractivity contribution is -0.140. The third-order valence-corrected chi connectivity index (χ3v) is 3.14. The fraction of sp³-hybridized carbons (Fsp3) is 0.933. The molecular formula is C15H30O2. The van der Waals surface area contributed by atoms with Gasteiger partial charge in [0, 0.05) is 6.42 Å². The maximum Gasteiger partial charge on any atom is 0.305 e. The molecular weight excluding hydrogens is 212 g/mol. The molecule has 0 heterocycles. The number of hydrogen-bond acceptors (Lipinski definition) is 2. The van der Waals surface area contributed by atoms with E-state index in [1.165, 1.54) is 58.5 Å². The highest BCUT2D eigenvalue weighted by Gasteiger charge is 1.99. The van der Waals surface area contributed by atoms with Gasteiger partial charge in [0.25, 0.3) is 0 Å². The summed E-state index contributed by atoms with van der Waals surface area (Å²) in [5, 5.41) is 0. The zero-order chi connectivity index (χ0) is 12.9. The molecule has 2 heteroatoms. The first-order chi connectivity index (χ1) is 8.16. The Morgan fingerprint density at radius 3 is 1.82 bits per heavy atom. The summed E-state index contributed by atoms with van der Waals surface area (Å²) in [6.45, 7) is 4.59. The van der Waals surface area contributed by atoms with Crippen LogP contribution in [-0.2, 0) is 9.53 Å². The summed E-state index contributed by atoms with van der Waals surface area (Å²) in [5.41, 5.74) is 0. The van der Waals surface area contributed by atoms with Crippen molar-refractivity contribution in [2.45, 2.75) is 78.1 Å². The van der Waals surface area contributed by atoms with Gasteiger partial charge in [-0.05, 0) is 12.3 Å². The Morgan fingerprint density at radius 1 is 0.882 bits per heavy atom. The Hall–Kier alpha value is -0.530. The quantitative estimate of drug-likeness (QED) is 0.387.